The van der Waals surface area contributed by atoms with Crippen LogP contribution in [0.15, 0.2) is 0 Å². The van der Waals surface area contributed by atoms with E-state index in [0.29, 0.717) is 5.92 Å². The molecule has 1 atom stereocenters. The summed E-state index contributed by atoms with van der Waals surface area (Å²) in [5, 5.41) is 9.02. The van der Waals surface area contributed by atoms with Gasteiger partial charge in [-0.2, -0.15) is 0 Å². The minimum absolute atomic E-state index is 0.119. The van der Waals surface area contributed by atoms with Crippen molar-refractivity contribution in [2.24, 2.45) is 11.8 Å². The summed E-state index contributed by atoms with van der Waals surface area (Å²) in [5.74, 6) is -0.243. The molecule has 0 fully saturated rings. The van der Waals surface area contributed by atoms with Gasteiger partial charge in [0, 0.05) is 0 Å². The molecule has 0 saturated heterocycles. The van der Waals surface area contributed by atoms with E-state index in [1.165, 1.54) is 25.7 Å². The van der Waals surface area contributed by atoms with Crippen molar-refractivity contribution in [1.29, 1.82) is 0 Å². The van der Waals surface area contributed by atoms with Crippen LogP contribution in [0.2, 0.25) is 0 Å². The minimum atomic E-state index is -0.612. The molecule has 0 bridgehead atoms. The zero-order chi connectivity index (χ0) is 11.7. The van der Waals surface area contributed by atoms with Gasteiger partial charge in [0.05, 0.1) is 5.92 Å². The smallest absolute Gasteiger partial charge is 0.306 e. The van der Waals surface area contributed by atoms with Crippen molar-refractivity contribution in [2.75, 3.05) is 0 Å². The highest BCUT2D eigenvalue weighted by atomic mass is 16.4. The van der Waals surface area contributed by atoms with Gasteiger partial charge in [-0.25, -0.2) is 0 Å². The normalized spacial score (nSPS) is 13.1. The SMILES string of the molecule is CCCCCCCC(CC(C)C)C(=O)O. The van der Waals surface area contributed by atoms with Gasteiger partial charge in [-0.15, -0.1) is 0 Å². The van der Waals surface area contributed by atoms with E-state index < -0.39 is 5.97 Å². The minimum Gasteiger partial charge on any atom is -0.481 e. The Hall–Kier alpha value is -0.530. The van der Waals surface area contributed by atoms with Gasteiger partial charge in [0.1, 0.15) is 0 Å². The van der Waals surface area contributed by atoms with Gasteiger partial charge in [-0.3, -0.25) is 4.79 Å². The second-order valence-corrected chi connectivity index (χ2v) is 4.87. The predicted molar refractivity (Wildman–Crippen MR) is 64.0 cm³/mol. The molecule has 2 nitrogen and oxygen atoms in total. The molecule has 0 aromatic carbocycles. The third-order valence-corrected chi connectivity index (χ3v) is 2.76. The van der Waals surface area contributed by atoms with Crippen LogP contribution in [-0.4, -0.2) is 11.1 Å². The maximum atomic E-state index is 11.0. The fraction of sp³-hybridized carbons (Fsp3) is 0.923. The number of carboxylic acid groups (broad SMARTS) is 1. The van der Waals surface area contributed by atoms with Gasteiger partial charge in [-0.05, 0) is 18.8 Å². The lowest BCUT2D eigenvalue weighted by atomic mass is 9.92. The molecule has 90 valence electrons. The largest absolute Gasteiger partial charge is 0.481 e. The Morgan fingerprint density at radius 3 is 2.20 bits per heavy atom. The standard InChI is InChI=1S/C13H26O2/c1-4-5-6-7-8-9-12(13(14)15)10-11(2)3/h11-12H,4-10H2,1-3H3,(H,14,15). The van der Waals surface area contributed by atoms with E-state index in [1.807, 2.05) is 0 Å². The summed E-state index contributed by atoms with van der Waals surface area (Å²) in [6.07, 6.45) is 7.72. The molecule has 2 heteroatoms. The van der Waals surface area contributed by atoms with Gasteiger partial charge in [0.15, 0.2) is 0 Å². The van der Waals surface area contributed by atoms with E-state index in [0.717, 1.165) is 19.3 Å². The van der Waals surface area contributed by atoms with Crippen LogP contribution >= 0.6 is 0 Å². The molecule has 0 aromatic heterocycles. The molecule has 0 saturated carbocycles. The van der Waals surface area contributed by atoms with Gasteiger partial charge in [-0.1, -0.05) is 52.9 Å². The van der Waals surface area contributed by atoms with Crippen LogP contribution < -0.4 is 0 Å². The summed E-state index contributed by atoms with van der Waals surface area (Å²) in [4.78, 5) is 11.0. The summed E-state index contributed by atoms with van der Waals surface area (Å²) < 4.78 is 0. The van der Waals surface area contributed by atoms with Gasteiger partial charge in [0.2, 0.25) is 0 Å². The van der Waals surface area contributed by atoms with Crippen LogP contribution in [0.5, 0.6) is 0 Å². The lowest BCUT2D eigenvalue weighted by molar-refractivity contribution is -0.142. The van der Waals surface area contributed by atoms with Crippen LogP contribution in [0.4, 0.5) is 0 Å². The lowest BCUT2D eigenvalue weighted by Gasteiger charge is -2.14. The van der Waals surface area contributed by atoms with E-state index in [2.05, 4.69) is 20.8 Å². The zero-order valence-electron chi connectivity index (χ0n) is 10.5. The number of carboxylic acids is 1. The van der Waals surface area contributed by atoms with Crippen molar-refractivity contribution < 1.29 is 9.90 Å². The van der Waals surface area contributed by atoms with Crippen LogP contribution in [0, 0.1) is 11.8 Å². The molecule has 0 aliphatic rings. The fourth-order valence-electron chi connectivity index (χ4n) is 1.91. The Bertz CT molecular complexity index is 164. The Morgan fingerprint density at radius 1 is 1.13 bits per heavy atom. The number of carbonyl (C=O) groups is 1. The molecule has 0 aromatic rings. The summed E-state index contributed by atoms with van der Waals surface area (Å²) in [7, 11) is 0. The highest BCUT2D eigenvalue weighted by Gasteiger charge is 2.17. The Morgan fingerprint density at radius 2 is 1.73 bits per heavy atom. The molecular weight excluding hydrogens is 188 g/mol. The lowest BCUT2D eigenvalue weighted by Crippen LogP contribution is -2.15. The van der Waals surface area contributed by atoms with Crippen LogP contribution in [0.25, 0.3) is 0 Å². The summed E-state index contributed by atoms with van der Waals surface area (Å²) in [5.41, 5.74) is 0. The molecule has 0 radical (unpaired) electrons. The van der Waals surface area contributed by atoms with E-state index in [1.54, 1.807) is 0 Å². The molecule has 1 N–H and O–H groups in total. The monoisotopic (exact) mass is 214 g/mol. The molecule has 1 unspecified atom stereocenters. The predicted octanol–water partition coefficient (Wildman–Crippen LogP) is 4.09. The highest BCUT2D eigenvalue weighted by Crippen LogP contribution is 2.19. The Labute approximate surface area is 94.1 Å². The molecule has 15 heavy (non-hydrogen) atoms. The van der Waals surface area contributed by atoms with E-state index >= 15 is 0 Å². The number of unbranched alkanes of at least 4 members (excludes halogenated alkanes) is 4. The van der Waals surface area contributed by atoms with Crippen molar-refractivity contribution in [3.63, 3.8) is 0 Å². The van der Waals surface area contributed by atoms with Crippen molar-refractivity contribution in [3.05, 3.63) is 0 Å². The molecule has 0 spiro atoms. The molecule has 0 aliphatic heterocycles. The molecule has 0 amide bonds. The van der Waals surface area contributed by atoms with Crippen LogP contribution in [-0.2, 0) is 4.79 Å². The van der Waals surface area contributed by atoms with Crippen LogP contribution in [0.3, 0.4) is 0 Å². The summed E-state index contributed by atoms with van der Waals surface area (Å²) >= 11 is 0. The second-order valence-electron chi connectivity index (χ2n) is 4.87. The fourth-order valence-corrected chi connectivity index (χ4v) is 1.91. The Balaban J connectivity index is 3.62. The van der Waals surface area contributed by atoms with E-state index in [-0.39, 0.29) is 5.92 Å². The topological polar surface area (TPSA) is 37.3 Å². The zero-order valence-corrected chi connectivity index (χ0v) is 10.5. The first-order valence-corrected chi connectivity index (χ1v) is 6.30. The van der Waals surface area contributed by atoms with Crippen LogP contribution in [0.1, 0.15) is 65.7 Å². The third-order valence-electron chi connectivity index (χ3n) is 2.76. The van der Waals surface area contributed by atoms with Crippen molar-refractivity contribution in [3.8, 4) is 0 Å². The molecular formula is C13H26O2. The number of hydrogen-bond acceptors (Lipinski definition) is 1. The quantitative estimate of drug-likeness (QED) is 0.587. The number of aliphatic carboxylic acids is 1. The summed E-state index contributed by atoms with van der Waals surface area (Å²) in [6.45, 7) is 6.37. The number of hydrogen-bond donors (Lipinski definition) is 1. The van der Waals surface area contributed by atoms with Crippen molar-refractivity contribution in [1.82, 2.24) is 0 Å². The number of rotatable bonds is 9. The Kier molecular flexibility index (Phi) is 8.44. The van der Waals surface area contributed by atoms with E-state index in [9.17, 15) is 4.79 Å². The molecule has 0 aliphatic carbocycles. The van der Waals surface area contributed by atoms with Gasteiger partial charge < -0.3 is 5.11 Å². The highest BCUT2D eigenvalue weighted by molar-refractivity contribution is 5.69. The van der Waals surface area contributed by atoms with Crippen molar-refractivity contribution in [2.45, 2.75) is 65.7 Å². The first-order valence-electron chi connectivity index (χ1n) is 6.30. The van der Waals surface area contributed by atoms with Crippen molar-refractivity contribution >= 4 is 5.97 Å². The van der Waals surface area contributed by atoms with E-state index in [4.69, 9.17) is 5.11 Å². The molecule has 0 heterocycles. The maximum Gasteiger partial charge on any atom is 0.306 e. The molecule has 0 rings (SSSR count). The first kappa shape index (κ1) is 14.5. The average molecular weight is 214 g/mol. The average Bonchev–Trinajstić information content (AvgIpc) is 2.15. The third kappa shape index (κ3) is 8.46. The first-order chi connectivity index (χ1) is 7.07. The van der Waals surface area contributed by atoms with Gasteiger partial charge >= 0.3 is 5.97 Å². The maximum absolute atomic E-state index is 11.0. The van der Waals surface area contributed by atoms with Gasteiger partial charge in [0.25, 0.3) is 0 Å². The summed E-state index contributed by atoms with van der Waals surface area (Å²) in [6, 6.07) is 0. The second kappa shape index (κ2) is 8.75.